The first-order valence-electron chi connectivity index (χ1n) is 10.9. The minimum Gasteiger partial charge on any atom is -0.376 e. The highest BCUT2D eigenvalue weighted by Crippen LogP contribution is 2.36. The van der Waals surface area contributed by atoms with Crippen LogP contribution in [-0.4, -0.2) is 42.0 Å². The Kier molecular flexibility index (Phi) is 5.90. The molecule has 1 atom stereocenters. The maximum Gasteiger partial charge on any atom is 0.260 e. The van der Waals surface area contributed by atoms with Crippen molar-refractivity contribution >= 4 is 61.7 Å². The molecule has 3 amide bonds. The summed E-state index contributed by atoms with van der Waals surface area (Å²) in [5.74, 6) is -0.662. The highest BCUT2D eigenvalue weighted by atomic mass is 35.5. The van der Waals surface area contributed by atoms with Crippen molar-refractivity contribution in [2.75, 3.05) is 23.0 Å². The molecule has 3 heterocycles. The molecule has 0 saturated carbocycles. The van der Waals surface area contributed by atoms with Crippen LogP contribution < -0.4 is 9.80 Å². The van der Waals surface area contributed by atoms with Gasteiger partial charge in [0.2, 0.25) is 11.8 Å². The fraction of sp³-hybridized carbons (Fsp3) is 0.333. The number of imide groups is 1. The van der Waals surface area contributed by atoms with Crippen molar-refractivity contribution in [1.82, 2.24) is 4.98 Å². The van der Waals surface area contributed by atoms with Crippen molar-refractivity contribution in [3.05, 3.63) is 52.5 Å². The molecule has 5 rings (SSSR count). The van der Waals surface area contributed by atoms with Crippen molar-refractivity contribution < 1.29 is 19.1 Å². The van der Waals surface area contributed by atoms with Crippen LogP contribution in [0.4, 0.5) is 10.8 Å². The molecule has 0 radical (unpaired) electrons. The second-order valence-corrected chi connectivity index (χ2v) is 9.64. The highest BCUT2D eigenvalue weighted by molar-refractivity contribution is 7.23. The van der Waals surface area contributed by atoms with Gasteiger partial charge in [0, 0.05) is 25.0 Å². The molecular weight excluding hydrogens is 462 g/mol. The van der Waals surface area contributed by atoms with Crippen molar-refractivity contribution in [3.8, 4) is 0 Å². The number of ether oxygens (including phenoxy) is 1. The second-order valence-electron chi connectivity index (χ2n) is 8.26. The zero-order valence-corrected chi connectivity index (χ0v) is 19.6. The minimum absolute atomic E-state index is 0.0587. The lowest BCUT2D eigenvalue weighted by atomic mass is 10.1. The monoisotopic (exact) mass is 483 g/mol. The number of amides is 3. The first-order valence-corrected chi connectivity index (χ1v) is 12.1. The molecule has 2 aliphatic heterocycles. The summed E-state index contributed by atoms with van der Waals surface area (Å²) in [4.78, 5) is 45.2. The molecule has 0 spiro atoms. The summed E-state index contributed by atoms with van der Waals surface area (Å²) in [6.07, 6.45) is 2.22. The van der Waals surface area contributed by atoms with E-state index < -0.39 is 0 Å². The topological polar surface area (TPSA) is 79.8 Å². The number of nitrogens with zero attached hydrogens (tertiary/aromatic N) is 3. The maximum absolute atomic E-state index is 13.6. The van der Waals surface area contributed by atoms with E-state index >= 15 is 0 Å². The molecule has 9 heteroatoms. The predicted molar refractivity (Wildman–Crippen MR) is 128 cm³/mol. The first kappa shape index (κ1) is 22.0. The first-order chi connectivity index (χ1) is 15.9. The summed E-state index contributed by atoms with van der Waals surface area (Å²) >= 11 is 7.79. The van der Waals surface area contributed by atoms with Crippen LogP contribution in [0, 0.1) is 6.92 Å². The number of hydrogen-bond donors (Lipinski definition) is 0. The SMILES string of the molecule is Cc1ccc(Cl)c2sc(N(CC3CCCO3)C(=O)c3ccc(N4C(=O)CCC4=O)cc3)nc12. The number of fused-ring (bicyclic) bond motifs is 1. The molecule has 2 aromatic carbocycles. The van der Waals surface area contributed by atoms with Crippen LogP contribution in [-0.2, 0) is 14.3 Å². The molecule has 2 fully saturated rings. The van der Waals surface area contributed by atoms with Gasteiger partial charge in [0.1, 0.15) is 0 Å². The van der Waals surface area contributed by atoms with E-state index in [0.717, 1.165) is 28.6 Å². The molecule has 3 aromatic rings. The van der Waals surface area contributed by atoms with Crippen LogP contribution in [0.5, 0.6) is 0 Å². The molecule has 7 nitrogen and oxygen atoms in total. The number of benzene rings is 2. The number of aromatic nitrogens is 1. The Labute approximate surface area is 199 Å². The smallest absolute Gasteiger partial charge is 0.260 e. The fourth-order valence-electron chi connectivity index (χ4n) is 4.22. The Balaban J connectivity index is 1.48. The number of rotatable bonds is 5. The number of thiazole rings is 1. The van der Waals surface area contributed by atoms with Gasteiger partial charge >= 0.3 is 0 Å². The minimum atomic E-state index is -0.221. The lowest BCUT2D eigenvalue weighted by Gasteiger charge is -2.23. The Morgan fingerprint density at radius 2 is 1.91 bits per heavy atom. The number of carbonyl (C=O) groups is 3. The lowest BCUT2D eigenvalue weighted by Crippen LogP contribution is -2.37. The van der Waals surface area contributed by atoms with Crippen LogP contribution in [0.15, 0.2) is 36.4 Å². The van der Waals surface area contributed by atoms with Crippen LogP contribution in [0.2, 0.25) is 5.02 Å². The van der Waals surface area contributed by atoms with E-state index in [0.29, 0.717) is 34.6 Å². The van der Waals surface area contributed by atoms with Crippen LogP contribution in [0.25, 0.3) is 10.2 Å². The average Bonchev–Trinajstić information content (AvgIpc) is 3.55. The molecule has 1 unspecified atom stereocenters. The molecule has 0 N–H and O–H groups in total. The average molecular weight is 484 g/mol. The van der Waals surface area contributed by atoms with Gasteiger partial charge in [-0.25, -0.2) is 4.98 Å². The Morgan fingerprint density at radius 1 is 1.18 bits per heavy atom. The molecule has 170 valence electrons. The zero-order valence-electron chi connectivity index (χ0n) is 18.0. The third kappa shape index (κ3) is 4.14. The summed E-state index contributed by atoms with van der Waals surface area (Å²) in [6, 6.07) is 10.3. The summed E-state index contributed by atoms with van der Waals surface area (Å²) in [6.45, 7) is 3.04. The zero-order chi connectivity index (χ0) is 23.1. The maximum atomic E-state index is 13.6. The largest absolute Gasteiger partial charge is 0.376 e. The van der Waals surface area contributed by atoms with Gasteiger partial charge in [0.05, 0.1) is 33.6 Å². The Bertz CT molecular complexity index is 1200. The number of halogens is 1. The van der Waals surface area contributed by atoms with Gasteiger partial charge in [0.25, 0.3) is 5.91 Å². The van der Waals surface area contributed by atoms with E-state index in [2.05, 4.69) is 0 Å². The number of hydrogen-bond acceptors (Lipinski definition) is 6. The van der Waals surface area contributed by atoms with Gasteiger partial charge in [-0.2, -0.15) is 0 Å². The Hall–Kier alpha value is -2.81. The van der Waals surface area contributed by atoms with Crippen LogP contribution >= 0.6 is 22.9 Å². The fourth-order valence-corrected chi connectivity index (χ4v) is 5.54. The van der Waals surface area contributed by atoms with E-state index in [1.54, 1.807) is 29.2 Å². The quantitative estimate of drug-likeness (QED) is 0.490. The van der Waals surface area contributed by atoms with Crippen molar-refractivity contribution in [2.24, 2.45) is 0 Å². The predicted octanol–water partition coefficient (Wildman–Crippen LogP) is 4.74. The molecule has 1 aromatic heterocycles. The normalized spacial score (nSPS) is 18.5. The van der Waals surface area contributed by atoms with E-state index in [-0.39, 0.29) is 36.7 Å². The summed E-state index contributed by atoms with van der Waals surface area (Å²) in [5, 5.41) is 1.17. The summed E-state index contributed by atoms with van der Waals surface area (Å²) < 4.78 is 6.64. The molecule has 2 aliphatic rings. The van der Waals surface area contributed by atoms with E-state index in [4.69, 9.17) is 21.3 Å². The summed E-state index contributed by atoms with van der Waals surface area (Å²) in [5.41, 5.74) is 2.70. The van der Waals surface area contributed by atoms with Gasteiger partial charge in [-0.1, -0.05) is 29.0 Å². The molecule has 33 heavy (non-hydrogen) atoms. The third-order valence-corrected chi connectivity index (χ3v) is 7.53. The van der Waals surface area contributed by atoms with E-state index in [9.17, 15) is 14.4 Å². The van der Waals surface area contributed by atoms with Crippen molar-refractivity contribution in [2.45, 2.75) is 38.7 Å². The highest BCUT2D eigenvalue weighted by Gasteiger charge is 2.31. The van der Waals surface area contributed by atoms with E-state index in [1.165, 1.54) is 16.2 Å². The van der Waals surface area contributed by atoms with Gasteiger partial charge < -0.3 is 4.74 Å². The molecule has 2 saturated heterocycles. The van der Waals surface area contributed by atoms with Crippen LogP contribution in [0.3, 0.4) is 0 Å². The third-order valence-electron chi connectivity index (χ3n) is 6.00. The van der Waals surface area contributed by atoms with Crippen molar-refractivity contribution in [1.29, 1.82) is 0 Å². The number of carbonyl (C=O) groups excluding carboxylic acids is 3. The second kappa shape index (κ2) is 8.85. The number of aryl methyl sites for hydroxylation is 1. The van der Waals surface area contributed by atoms with Gasteiger partial charge in [-0.05, 0) is 55.7 Å². The van der Waals surface area contributed by atoms with Crippen LogP contribution in [0.1, 0.15) is 41.6 Å². The molecule has 0 aliphatic carbocycles. The van der Waals surface area contributed by atoms with Crippen molar-refractivity contribution in [3.63, 3.8) is 0 Å². The van der Waals surface area contributed by atoms with Gasteiger partial charge in [-0.15, -0.1) is 0 Å². The Morgan fingerprint density at radius 3 is 2.55 bits per heavy atom. The standard InChI is InChI=1S/C24H22ClN3O4S/c1-14-4-9-18(25)22-21(14)26-24(33-22)27(13-17-3-2-12-32-17)23(31)15-5-7-16(8-6-15)28-19(29)10-11-20(28)30/h4-9,17H,2-3,10-13H2,1H3. The summed E-state index contributed by atoms with van der Waals surface area (Å²) in [7, 11) is 0. The molecular formula is C24H22ClN3O4S. The van der Waals surface area contributed by atoms with Gasteiger partial charge in [0.15, 0.2) is 5.13 Å². The van der Waals surface area contributed by atoms with Gasteiger partial charge in [-0.3, -0.25) is 24.2 Å². The van der Waals surface area contributed by atoms with E-state index in [1.807, 2.05) is 19.1 Å². The lowest BCUT2D eigenvalue weighted by molar-refractivity contribution is -0.121. The molecule has 0 bridgehead atoms. The number of anilines is 2.